The van der Waals surface area contributed by atoms with Crippen molar-refractivity contribution in [1.82, 2.24) is 4.90 Å². The SMILES string of the molecule is O=C(Nc1ccccc1C(F)(F)F)N1CCN(c2c(F)cccc2F)CC1. The number of piperazine rings is 1. The van der Waals surface area contributed by atoms with E-state index < -0.39 is 29.4 Å². The van der Waals surface area contributed by atoms with Crippen LogP contribution >= 0.6 is 0 Å². The van der Waals surface area contributed by atoms with Crippen molar-refractivity contribution < 1.29 is 26.7 Å². The summed E-state index contributed by atoms with van der Waals surface area (Å²) in [4.78, 5) is 15.1. The largest absolute Gasteiger partial charge is 0.418 e. The number of nitrogens with one attached hydrogen (secondary N) is 1. The van der Waals surface area contributed by atoms with Gasteiger partial charge in [0.05, 0.1) is 11.3 Å². The van der Waals surface area contributed by atoms with Crippen molar-refractivity contribution in [3.8, 4) is 0 Å². The highest BCUT2D eigenvalue weighted by Gasteiger charge is 2.34. The summed E-state index contributed by atoms with van der Waals surface area (Å²) in [7, 11) is 0. The molecule has 3 rings (SSSR count). The van der Waals surface area contributed by atoms with E-state index in [1.807, 2.05) is 0 Å². The van der Waals surface area contributed by atoms with Crippen LogP contribution in [0.4, 0.5) is 38.1 Å². The highest BCUT2D eigenvalue weighted by Crippen LogP contribution is 2.34. The topological polar surface area (TPSA) is 35.6 Å². The lowest BCUT2D eigenvalue weighted by molar-refractivity contribution is -0.136. The van der Waals surface area contributed by atoms with Crippen LogP contribution in [-0.4, -0.2) is 37.1 Å². The Morgan fingerprint density at radius 2 is 1.48 bits per heavy atom. The zero-order valence-electron chi connectivity index (χ0n) is 14.1. The minimum Gasteiger partial charge on any atom is -0.363 e. The third kappa shape index (κ3) is 4.12. The molecule has 0 aromatic heterocycles. The van der Waals surface area contributed by atoms with E-state index in [1.165, 1.54) is 34.1 Å². The molecule has 1 aliphatic heterocycles. The number of anilines is 2. The van der Waals surface area contributed by atoms with E-state index in [2.05, 4.69) is 5.32 Å². The fourth-order valence-electron chi connectivity index (χ4n) is 2.96. The van der Waals surface area contributed by atoms with E-state index in [0.717, 1.165) is 18.2 Å². The number of carbonyl (C=O) groups excluding carboxylic acids is 1. The lowest BCUT2D eigenvalue weighted by Crippen LogP contribution is -2.50. The molecule has 0 spiro atoms. The van der Waals surface area contributed by atoms with Gasteiger partial charge in [-0.05, 0) is 24.3 Å². The standard InChI is InChI=1S/C18H16F5N3O/c19-13-5-3-6-14(20)16(13)25-8-10-26(11-9-25)17(27)24-15-7-2-1-4-12(15)18(21,22)23/h1-7H,8-11H2,(H,24,27). The number of urea groups is 1. The summed E-state index contributed by atoms with van der Waals surface area (Å²) < 4.78 is 66.7. The Morgan fingerprint density at radius 3 is 2.07 bits per heavy atom. The summed E-state index contributed by atoms with van der Waals surface area (Å²) in [6.07, 6.45) is -4.59. The van der Waals surface area contributed by atoms with Crippen LogP contribution in [0, 0.1) is 11.6 Å². The second kappa shape index (κ2) is 7.42. The van der Waals surface area contributed by atoms with Crippen LogP contribution in [0.3, 0.4) is 0 Å². The van der Waals surface area contributed by atoms with Gasteiger partial charge in [-0.1, -0.05) is 18.2 Å². The Kier molecular flexibility index (Phi) is 5.20. The van der Waals surface area contributed by atoms with Crippen molar-refractivity contribution in [3.05, 3.63) is 59.7 Å². The Morgan fingerprint density at radius 1 is 0.889 bits per heavy atom. The van der Waals surface area contributed by atoms with Crippen LogP contribution in [-0.2, 0) is 6.18 Å². The van der Waals surface area contributed by atoms with E-state index in [0.29, 0.717) is 0 Å². The summed E-state index contributed by atoms with van der Waals surface area (Å²) in [6, 6.07) is 7.54. The van der Waals surface area contributed by atoms with Crippen molar-refractivity contribution in [2.45, 2.75) is 6.18 Å². The number of para-hydroxylation sites is 2. The zero-order valence-corrected chi connectivity index (χ0v) is 14.1. The monoisotopic (exact) mass is 385 g/mol. The molecule has 0 bridgehead atoms. The average Bonchev–Trinajstić information content (AvgIpc) is 2.61. The Labute approximate surface area is 152 Å². The molecular weight excluding hydrogens is 369 g/mol. The lowest BCUT2D eigenvalue weighted by atomic mass is 10.1. The molecule has 1 heterocycles. The fourth-order valence-corrected chi connectivity index (χ4v) is 2.96. The van der Waals surface area contributed by atoms with Gasteiger partial charge in [-0.15, -0.1) is 0 Å². The van der Waals surface area contributed by atoms with Gasteiger partial charge in [-0.2, -0.15) is 13.2 Å². The van der Waals surface area contributed by atoms with E-state index in [9.17, 15) is 26.7 Å². The van der Waals surface area contributed by atoms with Gasteiger partial charge in [0.25, 0.3) is 0 Å². The highest BCUT2D eigenvalue weighted by atomic mass is 19.4. The molecule has 2 aromatic carbocycles. The summed E-state index contributed by atoms with van der Waals surface area (Å²) in [6.45, 7) is 0.556. The van der Waals surface area contributed by atoms with Gasteiger partial charge in [-0.25, -0.2) is 13.6 Å². The molecule has 4 nitrogen and oxygen atoms in total. The van der Waals surface area contributed by atoms with Crippen LogP contribution < -0.4 is 10.2 Å². The molecule has 1 fully saturated rings. The van der Waals surface area contributed by atoms with Gasteiger partial charge in [0.1, 0.15) is 17.3 Å². The second-order valence-corrected chi connectivity index (χ2v) is 6.02. The molecule has 2 aromatic rings. The molecule has 9 heteroatoms. The summed E-state index contributed by atoms with van der Waals surface area (Å²) in [5.74, 6) is -1.40. The third-order valence-electron chi connectivity index (χ3n) is 4.29. The van der Waals surface area contributed by atoms with Gasteiger partial charge < -0.3 is 15.1 Å². The first-order chi connectivity index (χ1) is 12.8. The van der Waals surface area contributed by atoms with Crippen molar-refractivity contribution in [3.63, 3.8) is 0 Å². The number of rotatable bonds is 2. The molecule has 0 radical (unpaired) electrons. The maximum Gasteiger partial charge on any atom is 0.418 e. The first-order valence-corrected chi connectivity index (χ1v) is 8.18. The molecule has 1 aliphatic rings. The number of carbonyl (C=O) groups is 1. The first-order valence-electron chi connectivity index (χ1n) is 8.18. The number of hydrogen-bond donors (Lipinski definition) is 1. The zero-order chi connectivity index (χ0) is 19.6. The number of benzene rings is 2. The normalized spacial score (nSPS) is 15.0. The quantitative estimate of drug-likeness (QED) is 0.781. The van der Waals surface area contributed by atoms with Crippen LogP contribution in [0.1, 0.15) is 5.56 Å². The van der Waals surface area contributed by atoms with Gasteiger partial charge in [-0.3, -0.25) is 0 Å². The van der Waals surface area contributed by atoms with Crippen LogP contribution in [0.25, 0.3) is 0 Å². The van der Waals surface area contributed by atoms with E-state index in [-0.39, 0.29) is 37.6 Å². The van der Waals surface area contributed by atoms with Crippen LogP contribution in [0.5, 0.6) is 0 Å². The molecule has 0 aliphatic carbocycles. The summed E-state index contributed by atoms with van der Waals surface area (Å²) in [5.41, 5.74) is -1.44. The molecule has 1 saturated heterocycles. The van der Waals surface area contributed by atoms with Gasteiger partial charge in [0.2, 0.25) is 0 Å². The minimum absolute atomic E-state index is 0.119. The number of halogens is 5. The van der Waals surface area contributed by atoms with Crippen molar-refractivity contribution in [1.29, 1.82) is 0 Å². The lowest BCUT2D eigenvalue weighted by Gasteiger charge is -2.36. The highest BCUT2D eigenvalue weighted by molar-refractivity contribution is 5.90. The van der Waals surface area contributed by atoms with E-state index >= 15 is 0 Å². The molecule has 2 amide bonds. The molecule has 144 valence electrons. The molecule has 0 saturated carbocycles. The predicted octanol–water partition coefficient (Wildman–Crippen LogP) is 4.34. The smallest absolute Gasteiger partial charge is 0.363 e. The number of amides is 2. The van der Waals surface area contributed by atoms with Gasteiger partial charge in [0.15, 0.2) is 0 Å². The van der Waals surface area contributed by atoms with Gasteiger partial charge >= 0.3 is 12.2 Å². The van der Waals surface area contributed by atoms with Crippen LogP contribution in [0.2, 0.25) is 0 Å². The number of nitrogens with zero attached hydrogens (tertiary/aromatic N) is 2. The predicted molar refractivity (Wildman–Crippen MR) is 90.6 cm³/mol. The molecule has 27 heavy (non-hydrogen) atoms. The third-order valence-corrected chi connectivity index (χ3v) is 4.29. The van der Waals surface area contributed by atoms with Crippen molar-refractivity contribution >= 4 is 17.4 Å². The van der Waals surface area contributed by atoms with Crippen molar-refractivity contribution in [2.75, 3.05) is 36.4 Å². The van der Waals surface area contributed by atoms with Crippen LogP contribution in [0.15, 0.2) is 42.5 Å². The Bertz CT molecular complexity index is 812. The first kappa shape index (κ1) is 18.9. The summed E-state index contributed by atoms with van der Waals surface area (Å²) >= 11 is 0. The molecule has 1 N–H and O–H groups in total. The molecule has 0 unspecified atom stereocenters. The number of hydrogen-bond acceptors (Lipinski definition) is 2. The fraction of sp³-hybridized carbons (Fsp3) is 0.278. The van der Waals surface area contributed by atoms with E-state index in [1.54, 1.807) is 0 Å². The van der Waals surface area contributed by atoms with Gasteiger partial charge in [0, 0.05) is 26.2 Å². The number of alkyl halides is 3. The Balaban J connectivity index is 1.66. The minimum atomic E-state index is -4.59. The second-order valence-electron chi connectivity index (χ2n) is 6.02. The summed E-state index contributed by atoms with van der Waals surface area (Å²) in [5, 5.41) is 2.26. The molecular formula is C18H16F5N3O. The molecule has 0 atom stereocenters. The maximum absolute atomic E-state index is 13.9. The average molecular weight is 385 g/mol. The maximum atomic E-state index is 13.9. The Hall–Kier alpha value is -2.84. The van der Waals surface area contributed by atoms with E-state index in [4.69, 9.17) is 0 Å². The van der Waals surface area contributed by atoms with Crippen molar-refractivity contribution in [2.24, 2.45) is 0 Å².